The van der Waals surface area contributed by atoms with Gasteiger partial charge in [-0.1, -0.05) is 0 Å². The average Bonchev–Trinajstić information content (AvgIpc) is 2.70. The van der Waals surface area contributed by atoms with Gasteiger partial charge in [-0.3, -0.25) is 9.59 Å². The van der Waals surface area contributed by atoms with Crippen LogP contribution >= 0.6 is 0 Å². The van der Waals surface area contributed by atoms with Crippen molar-refractivity contribution in [1.82, 2.24) is 14.9 Å². The van der Waals surface area contributed by atoms with Crippen molar-refractivity contribution < 1.29 is 28.5 Å². The van der Waals surface area contributed by atoms with E-state index < -0.39 is 5.91 Å². The number of rotatable bonds is 14. The maximum Gasteiger partial charge on any atom is 0.274 e. The molecule has 0 unspecified atom stereocenters. The van der Waals surface area contributed by atoms with Gasteiger partial charge in [0.05, 0.1) is 37.8 Å². The normalized spacial score (nSPS) is 10.9. The molecule has 2 amide bonds. The van der Waals surface area contributed by atoms with Gasteiger partial charge in [0.1, 0.15) is 11.4 Å². The molecule has 1 aromatic rings. The number of carbonyl (C=O) groups excluding carboxylic acids is 2. The molecule has 0 radical (unpaired) electrons. The lowest BCUT2D eigenvalue weighted by molar-refractivity contribution is 0.0618. The highest BCUT2D eigenvalue weighted by Crippen LogP contribution is 2.14. The summed E-state index contributed by atoms with van der Waals surface area (Å²) in [5.74, 6) is -1.02. The predicted molar refractivity (Wildman–Crippen MR) is 101 cm³/mol. The Morgan fingerprint density at radius 1 is 0.786 bits per heavy atom. The summed E-state index contributed by atoms with van der Waals surface area (Å²) in [5, 5.41) is 0. The molecule has 28 heavy (non-hydrogen) atoms. The van der Waals surface area contributed by atoms with Crippen molar-refractivity contribution >= 4 is 11.8 Å². The molecule has 2 N–H and O–H groups in total. The van der Waals surface area contributed by atoms with E-state index >= 15 is 0 Å². The Hall–Kier alpha value is -2.14. The minimum Gasteiger partial charge on any atom is -0.384 e. The highest BCUT2D eigenvalue weighted by Gasteiger charge is 2.25. The highest BCUT2D eigenvalue weighted by molar-refractivity contribution is 5.96. The Morgan fingerprint density at radius 2 is 1.21 bits per heavy atom. The van der Waals surface area contributed by atoms with Crippen molar-refractivity contribution in [2.45, 2.75) is 12.8 Å². The summed E-state index contributed by atoms with van der Waals surface area (Å²) in [6.07, 6.45) is 0.626. The number of primary amides is 1. The van der Waals surface area contributed by atoms with E-state index in [1.54, 1.807) is 26.2 Å². The fourth-order valence-electron chi connectivity index (χ4n) is 2.49. The van der Waals surface area contributed by atoms with Crippen LogP contribution in [-0.4, -0.2) is 94.6 Å². The van der Waals surface area contributed by atoms with Gasteiger partial charge in [0, 0.05) is 54.4 Å². The molecule has 0 atom stereocenters. The van der Waals surface area contributed by atoms with Gasteiger partial charge >= 0.3 is 0 Å². The summed E-state index contributed by atoms with van der Waals surface area (Å²) < 4.78 is 20.3. The summed E-state index contributed by atoms with van der Waals surface area (Å²) in [7, 11) is 6.20. The van der Waals surface area contributed by atoms with Crippen LogP contribution in [0, 0.1) is 0 Å². The first-order chi connectivity index (χ1) is 13.5. The van der Waals surface area contributed by atoms with E-state index in [9.17, 15) is 9.59 Å². The van der Waals surface area contributed by atoms with Crippen LogP contribution in [0.25, 0.3) is 0 Å². The van der Waals surface area contributed by atoms with Gasteiger partial charge < -0.3 is 29.6 Å². The fraction of sp³-hybridized carbons (Fsp3) is 0.667. The van der Waals surface area contributed by atoms with Crippen molar-refractivity contribution in [3.63, 3.8) is 0 Å². The Balaban J connectivity index is 3.35. The second kappa shape index (κ2) is 13.1. The fourth-order valence-corrected chi connectivity index (χ4v) is 2.49. The molecule has 0 aliphatic heterocycles. The Labute approximate surface area is 165 Å². The van der Waals surface area contributed by atoms with E-state index in [1.165, 1.54) is 7.11 Å². The molecule has 0 saturated carbocycles. The van der Waals surface area contributed by atoms with E-state index in [0.29, 0.717) is 63.7 Å². The zero-order valence-corrected chi connectivity index (χ0v) is 17.0. The lowest BCUT2D eigenvalue weighted by Gasteiger charge is -2.23. The number of nitrogens with zero attached hydrogens (tertiary/aromatic N) is 3. The predicted octanol–water partition coefficient (Wildman–Crippen LogP) is -0.312. The van der Waals surface area contributed by atoms with E-state index in [0.717, 1.165) is 0 Å². The number of methoxy groups -OCH3 is 4. The summed E-state index contributed by atoms with van der Waals surface area (Å²) in [6, 6.07) is 0. The number of nitrogens with two attached hydrogens (primary N) is 1. The SMILES string of the molecule is COCCc1nc(C(=O)N(CCOC)CCOC)c(CCOC)nc1C(N)=O. The van der Waals surface area contributed by atoms with Crippen molar-refractivity contribution in [2.75, 3.05) is 68.0 Å². The molecule has 1 aromatic heterocycles. The van der Waals surface area contributed by atoms with E-state index in [4.69, 9.17) is 24.7 Å². The first-order valence-electron chi connectivity index (χ1n) is 8.94. The van der Waals surface area contributed by atoms with Crippen molar-refractivity contribution in [3.8, 4) is 0 Å². The van der Waals surface area contributed by atoms with Crippen LogP contribution in [0.2, 0.25) is 0 Å². The van der Waals surface area contributed by atoms with Gasteiger partial charge in [0.25, 0.3) is 11.8 Å². The quantitative estimate of drug-likeness (QED) is 0.452. The number of hydrogen-bond donors (Lipinski definition) is 1. The van der Waals surface area contributed by atoms with Crippen LogP contribution in [-0.2, 0) is 31.8 Å². The number of carbonyl (C=O) groups is 2. The summed E-state index contributed by atoms with van der Waals surface area (Å²) >= 11 is 0. The molecule has 1 rings (SSSR count). The van der Waals surface area contributed by atoms with Gasteiger partial charge in [-0.05, 0) is 0 Å². The molecule has 10 nitrogen and oxygen atoms in total. The molecule has 0 aliphatic carbocycles. The van der Waals surface area contributed by atoms with Crippen LogP contribution < -0.4 is 5.73 Å². The number of amides is 2. The molecule has 10 heteroatoms. The smallest absolute Gasteiger partial charge is 0.274 e. The van der Waals surface area contributed by atoms with Gasteiger partial charge in [0.2, 0.25) is 0 Å². The van der Waals surface area contributed by atoms with Gasteiger partial charge in [0.15, 0.2) is 0 Å². The zero-order valence-electron chi connectivity index (χ0n) is 17.0. The molecule has 0 spiro atoms. The van der Waals surface area contributed by atoms with Gasteiger partial charge in [-0.15, -0.1) is 0 Å². The second-order valence-corrected chi connectivity index (χ2v) is 5.94. The van der Waals surface area contributed by atoms with Crippen LogP contribution in [0.15, 0.2) is 0 Å². The lowest BCUT2D eigenvalue weighted by atomic mass is 10.1. The standard InChI is InChI=1S/C18H30N4O6/c1-25-9-5-13-15(17(19)23)20-14(6-10-26-2)16(21-13)18(24)22(7-11-27-3)8-12-28-4/h5-12H2,1-4H3,(H2,19,23). The zero-order chi connectivity index (χ0) is 20.9. The lowest BCUT2D eigenvalue weighted by Crippen LogP contribution is -2.38. The van der Waals surface area contributed by atoms with Crippen LogP contribution in [0.1, 0.15) is 32.4 Å². The Morgan fingerprint density at radius 3 is 1.64 bits per heavy atom. The molecule has 0 saturated heterocycles. The topological polar surface area (TPSA) is 126 Å². The number of hydrogen-bond acceptors (Lipinski definition) is 8. The van der Waals surface area contributed by atoms with Crippen LogP contribution in [0.5, 0.6) is 0 Å². The first kappa shape index (κ1) is 23.9. The van der Waals surface area contributed by atoms with Crippen LogP contribution in [0.4, 0.5) is 0 Å². The first-order valence-corrected chi connectivity index (χ1v) is 8.94. The third-order valence-corrected chi connectivity index (χ3v) is 3.98. The molecular formula is C18H30N4O6. The summed E-state index contributed by atoms with van der Waals surface area (Å²) in [4.78, 5) is 35.4. The molecular weight excluding hydrogens is 368 g/mol. The molecule has 0 aromatic carbocycles. The maximum absolute atomic E-state index is 13.2. The van der Waals surface area contributed by atoms with Crippen molar-refractivity contribution in [1.29, 1.82) is 0 Å². The highest BCUT2D eigenvalue weighted by atomic mass is 16.5. The van der Waals surface area contributed by atoms with Gasteiger partial charge in [-0.2, -0.15) is 0 Å². The molecule has 158 valence electrons. The minimum absolute atomic E-state index is 0.0417. The molecule has 0 fully saturated rings. The van der Waals surface area contributed by atoms with E-state index in [1.807, 2.05) is 0 Å². The van der Waals surface area contributed by atoms with Crippen molar-refractivity contribution in [3.05, 3.63) is 22.8 Å². The molecule has 1 heterocycles. The largest absolute Gasteiger partial charge is 0.384 e. The second-order valence-electron chi connectivity index (χ2n) is 5.94. The average molecular weight is 398 g/mol. The summed E-state index contributed by atoms with van der Waals surface area (Å²) in [5.41, 5.74) is 6.36. The maximum atomic E-state index is 13.2. The Kier molecular flexibility index (Phi) is 11.2. The van der Waals surface area contributed by atoms with Crippen molar-refractivity contribution in [2.24, 2.45) is 5.73 Å². The number of ether oxygens (including phenoxy) is 4. The number of aromatic nitrogens is 2. The summed E-state index contributed by atoms with van der Waals surface area (Å²) in [6.45, 7) is 2.11. The van der Waals surface area contributed by atoms with Gasteiger partial charge in [-0.25, -0.2) is 9.97 Å². The van der Waals surface area contributed by atoms with E-state index in [-0.39, 0.29) is 17.3 Å². The molecule has 0 aliphatic rings. The third kappa shape index (κ3) is 7.12. The monoisotopic (exact) mass is 398 g/mol. The minimum atomic E-state index is -0.702. The van der Waals surface area contributed by atoms with E-state index in [2.05, 4.69) is 9.97 Å². The van der Waals surface area contributed by atoms with Crippen LogP contribution in [0.3, 0.4) is 0 Å². The molecule has 0 bridgehead atoms. The Bertz CT molecular complexity index is 633. The third-order valence-electron chi connectivity index (χ3n) is 3.98.